The van der Waals surface area contributed by atoms with E-state index in [4.69, 9.17) is 5.11 Å². The second-order valence-electron chi connectivity index (χ2n) is 4.60. The summed E-state index contributed by atoms with van der Waals surface area (Å²) in [5.41, 5.74) is 0. The first-order chi connectivity index (χ1) is 8.42. The van der Waals surface area contributed by atoms with E-state index >= 15 is 0 Å². The minimum atomic E-state index is 0.303. The Balaban J connectivity index is 1.70. The average molecular weight is 238 g/mol. The molecule has 0 radical (unpaired) electrons. The lowest BCUT2D eigenvalue weighted by molar-refractivity contribution is 0.282. The van der Waals surface area contributed by atoms with Crippen LogP contribution in [-0.2, 0) is 19.5 Å². The molecule has 5 nitrogen and oxygen atoms in total. The summed E-state index contributed by atoms with van der Waals surface area (Å²) < 4.78 is 2.25. The second kappa shape index (κ2) is 6.71. The van der Waals surface area contributed by atoms with Crippen LogP contribution in [0.3, 0.4) is 0 Å². The normalized spacial score (nSPS) is 14.9. The summed E-state index contributed by atoms with van der Waals surface area (Å²) in [5.74, 6) is 2.22. The largest absolute Gasteiger partial charge is 0.396 e. The van der Waals surface area contributed by atoms with E-state index in [-0.39, 0.29) is 0 Å². The Morgan fingerprint density at radius 2 is 2.12 bits per heavy atom. The smallest absolute Gasteiger partial charge is 0.147 e. The quantitative estimate of drug-likeness (QED) is 0.692. The molecule has 2 rings (SSSR count). The first-order valence-electron chi connectivity index (χ1n) is 6.64. The van der Waals surface area contributed by atoms with Gasteiger partial charge in [-0.05, 0) is 38.6 Å². The van der Waals surface area contributed by atoms with E-state index in [1.54, 1.807) is 0 Å². The van der Waals surface area contributed by atoms with Crippen molar-refractivity contribution < 1.29 is 5.11 Å². The van der Waals surface area contributed by atoms with Gasteiger partial charge < -0.3 is 15.0 Å². The van der Waals surface area contributed by atoms with Gasteiger partial charge in [-0.15, -0.1) is 10.2 Å². The number of nitrogens with zero attached hydrogens (tertiary/aromatic N) is 3. The summed E-state index contributed by atoms with van der Waals surface area (Å²) in [5, 5.41) is 20.5. The predicted molar refractivity (Wildman–Crippen MR) is 65.6 cm³/mol. The van der Waals surface area contributed by atoms with E-state index in [2.05, 4.69) is 20.1 Å². The van der Waals surface area contributed by atoms with Gasteiger partial charge in [-0.3, -0.25) is 0 Å². The van der Waals surface area contributed by atoms with Crippen LogP contribution < -0.4 is 5.32 Å². The molecule has 0 atom stereocenters. The molecule has 0 aromatic carbocycles. The molecule has 0 fully saturated rings. The Labute approximate surface area is 102 Å². The molecule has 1 aromatic rings. The van der Waals surface area contributed by atoms with Gasteiger partial charge in [0.1, 0.15) is 11.6 Å². The molecule has 0 saturated carbocycles. The summed E-state index contributed by atoms with van der Waals surface area (Å²) >= 11 is 0. The van der Waals surface area contributed by atoms with Crippen molar-refractivity contribution in [2.24, 2.45) is 0 Å². The van der Waals surface area contributed by atoms with E-state index in [1.807, 2.05) is 0 Å². The van der Waals surface area contributed by atoms with Gasteiger partial charge in [0.05, 0.1) is 6.54 Å². The van der Waals surface area contributed by atoms with E-state index in [0.29, 0.717) is 6.61 Å². The lowest BCUT2D eigenvalue weighted by Gasteiger charge is -2.14. The van der Waals surface area contributed by atoms with Crippen molar-refractivity contribution in [2.75, 3.05) is 13.2 Å². The van der Waals surface area contributed by atoms with E-state index in [0.717, 1.165) is 57.0 Å². The Hall–Kier alpha value is -0.940. The fourth-order valence-electron chi connectivity index (χ4n) is 2.24. The fraction of sp³-hybridized carbons (Fsp3) is 0.833. The topological polar surface area (TPSA) is 63.0 Å². The third-order valence-corrected chi connectivity index (χ3v) is 3.23. The van der Waals surface area contributed by atoms with Crippen LogP contribution >= 0.6 is 0 Å². The van der Waals surface area contributed by atoms with Crippen molar-refractivity contribution in [3.8, 4) is 0 Å². The predicted octanol–water partition coefficient (Wildman–Crippen LogP) is 0.867. The number of nitrogens with one attached hydrogen (secondary N) is 1. The highest BCUT2D eigenvalue weighted by atomic mass is 16.2. The second-order valence-corrected chi connectivity index (χ2v) is 4.60. The highest BCUT2D eigenvalue weighted by molar-refractivity contribution is 4.98. The maximum absolute atomic E-state index is 8.66. The maximum atomic E-state index is 8.66. The van der Waals surface area contributed by atoms with Crippen LogP contribution in [0.15, 0.2) is 0 Å². The van der Waals surface area contributed by atoms with Crippen molar-refractivity contribution in [1.29, 1.82) is 0 Å². The molecule has 17 heavy (non-hydrogen) atoms. The number of aliphatic hydroxyl groups is 1. The van der Waals surface area contributed by atoms with Gasteiger partial charge in [-0.1, -0.05) is 0 Å². The number of aromatic nitrogens is 3. The monoisotopic (exact) mass is 238 g/mol. The van der Waals surface area contributed by atoms with E-state index in [1.165, 1.54) is 12.8 Å². The number of rotatable bonds is 7. The van der Waals surface area contributed by atoms with E-state index < -0.39 is 0 Å². The minimum Gasteiger partial charge on any atom is -0.396 e. The fourth-order valence-corrected chi connectivity index (χ4v) is 2.24. The molecular formula is C12H22N4O. The van der Waals surface area contributed by atoms with Gasteiger partial charge in [0.25, 0.3) is 0 Å². The molecule has 1 aliphatic rings. The zero-order valence-corrected chi connectivity index (χ0v) is 10.4. The molecule has 2 heterocycles. The Morgan fingerprint density at radius 1 is 1.18 bits per heavy atom. The van der Waals surface area contributed by atoms with Gasteiger partial charge in [-0.25, -0.2) is 0 Å². The molecule has 0 spiro atoms. The molecule has 2 N–H and O–H groups in total. The number of hydrogen-bond acceptors (Lipinski definition) is 4. The summed E-state index contributed by atoms with van der Waals surface area (Å²) in [6, 6.07) is 0. The maximum Gasteiger partial charge on any atom is 0.147 e. The third-order valence-electron chi connectivity index (χ3n) is 3.23. The lowest BCUT2D eigenvalue weighted by Crippen LogP contribution is -2.20. The van der Waals surface area contributed by atoms with Gasteiger partial charge in [-0.2, -0.15) is 0 Å². The molecular weight excluding hydrogens is 216 g/mol. The summed E-state index contributed by atoms with van der Waals surface area (Å²) in [6.45, 7) is 3.18. The lowest BCUT2D eigenvalue weighted by atomic mass is 10.2. The molecule has 1 aliphatic heterocycles. The first kappa shape index (κ1) is 12.5. The van der Waals surface area contributed by atoms with Crippen molar-refractivity contribution in [3.05, 3.63) is 11.6 Å². The van der Waals surface area contributed by atoms with Crippen LogP contribution in [0.2, 0.25) is 0 Å². The molecule has 1 aromatic heterocycles. The van der Waals surface area contributed by atoms with Gasteiger partial charge in [0, 0.05) is 19.6 Å². The summed E-state index contributed by atoms with van der Waals surface area (Å²) in [7, 11) is 0. The number of hydrogen-bond donors (Lipinski definition) is 2. The first-order valence-corrected chi connectivity index (χ1v) is 6.64. The number of aryl methyl sites for hydroxylation is 1. The molecule has 5 heteroatoms. The standard InChI is InChI=1S/C12H22N4O/c17-9-5-1-3-7-13-10-12-15-14-11-6-2-4-8-16(11)12/h13,17H,1-10H2. The zero-order valence-electron chi connectivity index (χ0n) is 10.4. The Kier molecular flexibility index (Phi) is 4.94. The van der Waals surface area contributed by atoms with Crippen molar-refractivity contribution in [1.82, 2.24) is 20.1 Å². The van der Waals surface area contributed by atoms with E-state index in [9.17, 15) is 0 Å². The molecule has 0 aliphatic carbocycles. The summed E-state index contributed by atoms with van der Waals surface area (Å²) in [6.07, 6.45) is 6.66. The highest BCUT2D eigenvalue weighted by Gasteiger charge is 2.14. The van der Waals surface area contributed by atoms with Crippen LogP contribution in [0.4, 0.5) is 0 Å². The molecule has 0 bridgehead atoms. The van der Waals surface area contributed by atoms with Crippen LogP contribution in [-0.4, -0.2) is 33.0 Å². The molecule has 96 valence electrons. The SMILES string of the molecule is OCCCCCNCc1nnc2n1CCCC2. The van der Waals surface area contributed by atoms with Crippen LogP contribution in [0, 0.1) is 0 Å². The minimum absolute atomic E-state index is 0.303. The van der Waals surface area contributed by atoms with Gasteiger partial charge in [0.2, 0.25) is 0 Å². The number of unbranched alkanes of at least 4 members (excludes halogenated alkanes) is 2. The van der Waals surface area contributed by atoms with Crippen molar-refractivity contribution in [3.63, 3.8) is 0 Å². The number of aliphatic hydroxyl groups excluding tert-OH is 1. The van der Waals surface area contributed by atoms with Gasteiger partial charge >= 0.3 is 0 Å². The van der Waals surface area contributed by atoms with Crippen LogP contribution in [0.5, 0.6) is 0 Å². The molecule has 0 saturated heterocycles. The zero-order chi connectivity index (χ0) is 11.9. The summed E-state index contributed by atoms with van der Waals surface area (Å²) in [4.78, 5) is 0. The highest BCUT2D eigenvalue weighted by Crippen LogP contribution is 2.13. The van der Waals surface area contributed by atoms with Gasteiger partial charge in [0.15, 0.2) is 0 Å². The average Bonchev–Trinajstić information content (AvgIpc) is 2.77. The third kappa shape index (κ3) is 3.51. The van der Waals surface area contributed by atoms with Crippen LogP contribution in [0.25, 0.3) is 0 Å². The Morgan fingerprint density at radius 3 is 3.00 bits per heavy atom. The molecule has 0 unspecified atom stereocenters. The number of fused-ring (bicyclic) bond motifs is 1. The molecule has 0 amide bonds. The Bertz CT molecular complexity index is 337. The van der Waals surface area contributed by atoms with Crippen molar-refractivity contribution >= 4 is 0 Å². The van der Waals surface area contributed by atoms with Crippen LogP contribution in [0.1, 0.15) is 43.8 Å². The van der Waals surface area contributed by atoms with Crippen molar-refractivity contribution in [2.45, 2.75) is 51.6 Å².